The van der Waals surface area contributed by atoms with Gasteiger partial charge in [0, 0.05) is 11.0 Å². The number of rotatable bonds is 5. The zero-order valence-corrected chi connectivity index (χ0v) is 18.8. The van der Waals surface area contributed by atoms with Crippen LogP contribution in [0.1, 0.15) is 89.0 Å². The lowest BCUT2D eigenvalue weighted by Crippen LogP contribution is -2.03. The zero-order chi connectivity index (χ0) is 19.0. The molecule has 2 heteroatoms. The van der Waals surface area contributed by atoms with E-state index < -0.39 is 0 Å². The summed E-state index contributed by atoms with van der Waals surface area (Å²) in [7, 11) is 4.29. The summed E-state index contributed by atoms with van der Waals surface area (Å²) >= 11 is 0. The molecule has 0 amide bonds. The molecule has 1 saturated carbocycles. The lowest BCUT2D eigenvalue weighted by Gasteiger charge is -2.18. The fourth-order valence-corrected chi connectivity index (χ4v) is 6.79. The summed E-state index contributed by atoms with van der Waals surface area (Å²) < 4.78 is 0. The van der Waals surface area contributed by atoms with Gasteiger partial charge in [-0.1, -0.05) is 141 Å². The Labute approximate surface area is 176 Å². The summed E-state index contributed by atoms with van der Waals surface area (Å²) in [6, 6.07) is 19.3. The fraction of sp³-hybridized carbons (Fsp3) is 0.600. The van der Waals surface area contributed by atoms with E-state index in [-0.39, 0.29) is 0 Å². The molecule has 0 nitrogen and oxygen atoms in total. The van der Waals surface area contributed by atoms with Crippen LogP contribution in [0.5, 0.6) is 0 Å². The molecule has 1 fully saturated rings. The van der Waals surface area contributed by atoms with E-state index in [1.807, 2.05) is 0 Å². The van der Waals surface area contributed by atoms with E-state index >= 15 is 0 Å². The topological polar surface area (TPSA) is 0 Å². The predicted octanol–water partition coefficient (Wildman–Crippen LogP) is 8.97. The van der Waals surface area contributed by atoms with E-state index in [1.54, 1.807) is 0 Å². The summed E-state index contributed by atoms with van der Waals surface area (Å²) in [6.07, 6.45) is 15.9. The fourth-order valence-electron chi connectivity index (χ4n) is 3.59. The zero-order valence-electron chi connectivity index (χ0n) is 17.2. The van der Waals surface area contributed by atoms with E-state index in [2.05, 4.69) is 83.1 Å². The highest BCUT2D eigenvalue weighted by atomic mass is 33.1. The Hall–Kier alpha value is -0.600. The Morgan fingerprint density at radius 3 is 1.67 bits per heavy atom. The van der Waals surface area contributed by atoms with Gasteiger partial charge in [0.2, 0.25) is 0 Å². The summed E-state index contributed by atoms with van der Waals surface area (Å²) in [6.45, 7) is 2.36. The molecular formula is C25H38S2. The molecule has 0 N–H and O–H groups in total. The highest BCUT2D eigenvalue weighted by Crippen LogP contribution is 2.36. The Balaban J connectivity index is 1.80. The largest absolute Gasteiger partial charge is 0.0932 e. The maximum absolute atomic E-state index is 2.36. The molecule has 1 aliphatic rings. The van der Waals surface area contributed by atoms with Crippen LogP contribution < -0.4 is 0 Å². The molecule has 1 aromatic carbocycles. The summed E-state index contributed by atoms with van der Waals surface area (Å²) in [5.74, 6) is 1.79. The van der Waals surface area contributed by atoms with Gasteiger partial charge in [0.25, 0.3) is 0 Å². The molecular weight excluding hydrogens is 364 g/mol. The van der Waals surface area contributed by atoms with Gasteiger partial charge in [0.15, 0.2) is 0 Å². The molecule has 0 aliphatic heterocycles. The molecule has 1 unspecified atom stereocenters. The van der Waals surface area contributed by atoms with Crippen LogP contribution in [0.2, 0.25) is 0 Å². The average Bonchev–Trinajstić information content (AvgIpc) is 2.67. The third-order valence-corrected chi connectivity index (χ3v) is 8.54. The summed E-state index contributed by atoms with van der Waals surface area (Å²) in [5, 5.41) is 0.864. The molecule has 27 heavy (non-hydrogen) atoms. The molecule has 0 spiro atoms. The smallest absolute Gasteiger partial charge is 0.0151 e. The normalized spacial score (nSPS) is 18.6. The summed E-state index contributed by atoms with van der Waals surface area (Å²) in [4.78, 5) is 0. The van der Waals surface area contributed by atoms with E-state index in [1.165, 1.54) is 81.9 Å². The number of hydrogen-bond donors (Lipinski definition) is 0. The SMILES string of the molecule is CC(CSSC1CCCCCCCCCCC1)c1ccccccccc1. The monoisotopic (exact) mass is 402 g/mol. The van der Waals surface area contributed by atoms with Crippen molar-refractivity contribution in [2.24, 2.45) is 0 Å². The van der Waals surface area contributed by atoms with E-state index in [0.717, 1.165) is 5.25 Å². The van der Waals surface area contributed by atoms with Crippen molar-refractivity contribution in [3.05, 3.63) is 60.2 Å². The van der Waals surface area contributed by atoms with Crippen molar-refractivity contribution >= 4 is 21.6 Å². The quantitative estimate of drug-likeness (QED) is 0.451. The van der Waals surface area contributed by atoms with Crippen molar-refractivity contribution in [2.75, 3.05) is 5.75 Å². The van der Waals surface area contributed by atoms with Crippen LogP contribution in [0.15, 0.2) is 54.6 Å². The first-order chi connectivity index (χ1) is 13.4. The van der Waals surface area contributed by atoms with Gasteiger partial charge in [0.1, 0.15) is 0 Å². The Bertz CT molecular complexity index is 505. The minimum Gasteiger partial charge on any atom is -0.0932 e. The van der Waals surface area contributed by atoms with Gasteiger partial charge in [-0.25, -0.2) is 0 Å². The standard InChI is InChI=1S/C25H38S2/c1-23(24-18-14-10-6-5-7-11-15-19-24)22-26-27-25-20-16-12-8-3-2-4-9-13-17-21-25/h5-7,10-11,14-15,18-19,23,25H,2-4,8-9,12-13,16-17,20-22H2,1H3. The van der Waals surface area contributed by atoms with Gasteiger partial charge >= 0.3 is 0 Å². The van der Waals surface area contributed by atoms with Crippen molar-refractivity contribution in [2.45, 2.75) is 88.7 Å². The molecule has 0 radical (unpaired) electrons. The highest BCUT2D eigenvalue weighted by Gasteiger charge is 2.12. The Morgan fingerprint density at radius 1 is 0.704 bits per heavy atom. The molecule has 1 aromatic rings. The maximum atomic E-state index is 2.36. The second kappa shape index (κ2) is 15.3. The highest BCUT2D eigenvalue weighted by molar-refractivity contribution is 8.76. The van der Waals surface area contributed by atoms with Crippen LogP contribution in [0.4, 0.5) is 0 Å². The average molecular weight is 403 g/mol. The third kappa shape index (κ3) is 11.1. The number of hydrogen-bond acceptors (Lipinski definition) is 2. The first kappa shape index (κ1) is 22.7. The predicted molar refractivity (Wildman–Crippen MR) is 127 cm³/mol. The van der Waals surface area contributed by atoms with Gasteiger partial charge in [-0.15, -0.1) is 0 Å². The molecule has 0 bridgehead atoms. The van der Waals surface area contributed by atoms with Crippen molar-refractivity contribution in [1.82, 2.24) is 0 Å². The molecule has 0 aromatic heterocycles. The lowest BCUT2D eigenvalue weighted by molar-refractivity contribution is 0.510. The Kier molecular flexibility index (Phi) is 12.9. The Morgan fingerprint density at radius 2 is 1.15 bits per heavy atom. The van der Waals surface area contributed by atoms with Gasteiger partial charge in [-0.3, -0.25) is 0 Å². The molecule has 150 valence electrons. The van der Waals surface area contributed by atoms with Crippen LogP contribution >= 0.6 is 21.6 Å². The second-order valence-electron chi connectivity index (χ2n) is 7.84. The molecule has 0 heterocycles. The van der Waals surface area contributed by atoms with E-state index in [4.69, 9.17) is 0 Å². The van der Waals surface area contributed by atoms with Crippen molar-refractivity contribution in [3.8, 4) is 0 Å². The van der Waals surface area contributed by atoms with Crippen LogP contribution in [0, 0.1) is 0 Å². The van der Waals surface area contributed by atoms with Gasteiger partial charge in [-0.2, -0.15) is 0 Å². The maximum Gasteiger partial charge on any atom is 0.0151 e. The second-order valence-corrected chi connectivity index (χ2v) is 10.6. The van der Waals surface area contributed by atoms with Gasteiger partial charge in [0.05, 0.1) is 0 Å². The van der Waals surface area contributed by atoms with Gasteiger partial charge < -0.3 is 0 Å². The third-order valence-electron chi connectivity index (χ3n) is 5.39. The molecule has 1 aliphatic carbocycles. The van der Waals surface area contributed by atoms with Crippen molar-refractivity contribution < 1.29 is 0 Å². The summed E-state index contributed by atoms with van der Waals surface area (Å²) in [5.41, 5.74) is 1.43. The van der Waals surface area contributed by atoms with Crippen LogP contribution in [0.25, 0.3) is 0 Å². The first-order valence-corrected chi connectivity index (χ1v) is 13.4. The minimum absolute atomic E-state index is 0.589. The van der Waals surface area contributed by atoms with E-state index in [0.29, 0.717) is 5.92 Å². The van der Waals surface area contributed by atoms with Crippen LogP contribution in [0.3, 0.4) is 0 Å². The van der Waals surface area contributed by atoms with Crippen molar-refractivity contribution in [1.29, 1.82) is 0 Å². The van der Waals surface area contributed by atoms with E-state index in [9.17, 15) is 0 Å². The molecule has 1 atom stereocenters. The first-order valence-electron chi connectivity index (χ1n) is 11.0. The molecule has 0 saturated heterocycles. The van der Waals surface area contributed by atoms with Crippen LogP contribution in [-0.4, -0.2) is 11.0 Å². The lowest BCUT2D eigenvalue weighted by atomic mass is 10.0. The molecule has 2 rings (SSSR count). The minimum atomic E-state index is 0.589. The van der Waals surface area contributed by atoms with Crippen molar-refractivity contribution in [3.63, 3.8) is 0 Å². The van der Waals surface area contributed by atoms with Gasteiger partial charge in [-0.05, 0) is 24.3 Å². The van der Waals surface area contributed by atoms with Crippen LogP contribution in [-0.2, 0) is 0 Å².